The van der Waals surface area contributed by atoms with E-state index in [0.29, 0.717) is 0 Å². The van der Waals surface area contributed by atoms with Crippen molar-refractivity contribution in [3.63, 3.8) is 0 Å². The summed E-state index contributed by atoms with van der Waals surface area (Å²) in [4.78, 5) is 17.0. The summed E-state index contributed by atoms with van der Waals surface area (Å²) < 4.78 is 87.5. The number of halogens is 6. The molecular weight excluding hydrogens is 394 g/mol. The average Bonchev–Trinajstić information content (AvgIpc) is 3.00. The zero-order chi connectivity index (χ0) is 20.5. The van der Waals surface area contributed by atoms with Gasteiger partial charge in [-0.15, -0.1) is 0 Å². The third-order valence-corrected chi connectivity index (χ3v) is 4.31. The Hall–Kier alpha value is -2.30. The Bertz CT molecular complexity index is 799. The van der Waals surface area contributed by atoms with Gasteiger partial charge in [0, 0.05) is 6.54 Å². The van der Waals surface area contributed by atoms with Crippen LogP contribution < -0.4 is 0 Å². The number of benzene rings is 1. The van der Waals surface area contributed by atoms with Crippen LogP contribution in [0.4, 0.5) is 26.3 Å². The van der Waals surface area contributed by atoms with Crippen molar-refractivity contribution < 1.29 is 40.3 Å². The van der Waals surface area contributed by atoms with Gasteiger partial charge in [0.2, 0.25) is 5.89 Å². The number of ether oxygens (including phenoxy) is 1. The van der Waals surface area contributed by atoms with E-state index >= 15 is 0 Å². The summed E-state index contributed by atoms with van der Waals surface area (Å²) in [6, 6.07) is 5.95. The molecule has 0 bridgehead atoms. The monoisotopic (exact) mass is 410 g/mol. The first kappa shape index (κ1) is 20.4. The Morgan fingerprint density at radius 1 is 1.25 bits per heavy atom. The predicted molar refractivity (Wildman–Crippen MR) is 84.1 cm³/mol. The molecule has 3 rings (SSSR count). The van der Waals surface area contributed by atoms with Gasteiger partial charge in [0.05, 0.1) is 12.5 Å². The first-order chi connectivity index (χ1) is 13.0. The Morgan fingerprint density at radius 3 is 2.61 bits per heavy atom. The van der Waals surface area contributed by atoms with E-state index in [1.165, 1.54) is 12.1 Å². The molecule has 0 radical (unpaired) electrons. The van der Waals surface area contributed by atoms with Gasteiger partial charge in [-0.1, -0.05) is 12.1 Å². The lowest BCUT2D eigenvalue weighted by atomic mass is 9.98. The minimum Gasteiger partial charge on any atom is -0.442 e. The molecule has 11 heteroatoms. The molecule has 2 unspecified atom stereocenters. The Labute approximate surface area is 155 Å². The smallest absolute Gasteiger partial charge is 0.434 e. The van der Waals surface area contributed by atoms with Gasteiger partial charge in [-0.2, -0.15) is 26.3 Å². The van der Waals surface area contributed by atoms with Crippen molar-refractivity contribution >= 4 is 17.1 Å². The molecule has 2 atom stereocenters. The second-order valence-corrected chi connectivity index (χ2v) is 6.57. The molecule has 0 aliphatic carbocycles. The van der Waals surface area contributed by atoms with E-state index in [9.17, 15) is 31.1 Å². The number of carbonyl (C=O) groups excluding carboxylic acids is 1. The van der Waals surface area contributed by atoms with E-state index in [-0.39, 0.29) is 37.0 Å². The number of aromatic nitrogens is 1. The molecule has 1 saturated heterocycles. The zero-order valence-electron chi connectivity index (χ0n) is 14.4. The van der Waals surface area contributed by atoms with Crippen molar-refractivity contribution in [2.24, 2.45) is 5.92 Å². The Kier molecular flexibility index (Phi) is 5.55. The second-order valence-electron chi connectivity index (χ2n) is 6.57. The van der Waals surface area contributed by atoms with Crippen LogP contribution in [0.3, 0.4) is 0 Å². The van der Waals surface area contributed by atoms with E-state index in [1.807, 2.05) is 0 Å². The van der Waals surface area contributed by atoms with Crippen molar-refractivity contribution in [1.29, 1.82) is 0 Å². The molecule has 0 amide bonds. The highest BCUT2D eigenvalue weighted by atomic mass is 19.4. The van der Waals surface area contributed by atoms with Gasteiger partial charge >= 0.3 is 18.3 Å². The summed E-state index contributed by atoms with van der Waals surface area (Å²) in [5, 5.41) is 0. The molecule has 1 aromatic carbocycles. The van der Waals surface area contributed by atoms with Crippen molar-refractivity contribution in [3.8, 4) is 0 Å². The standard InChI is InChI=1S/C17H16F6N2O3/c18-16(19,20)9-25-7-3-4-10(8-25)15(26)28-13(17(21,22)23)14-24-11-5-1-2-6-12(11)27-14/h1-2,5-6,10,13H,3-4,7-9H2. The van der Waals surface area contributed by atoms with Gasteiger partial charge in [0.15, 0.2) is 5.58 Å². The van der Waals surface area contributed by atoms with E-state index in [1.54, 1.807) is 12.1 Å². The Morgan fingerprint density at radius 2 is 1.96 bits per heavy atom. The number of nitrogens with zero attached hydrogens (tertiary/aromatic N) is 2. The number of likely N-dealkylation sites (tertiary alicyclic amines) is 1. The predicted octanol–water partition coefficient (Wildman–Crippen LogP) is 4.25. The molecule has 0 saturated carbocycles. The molecule has 2 aromatic rings. The van der Waals surface area contributed by atoms with Gasteiger partial charge in [0.1, 0.15) is 5.52 Å². The maximum Gasteiger partial charge on any atom is 0.434 e. The molecule has 154 valence electrons. The van der Waals surface area contributed by atoms with Crippen LogP contribution in [0.15, 0.2) is 28.7 Å². The number of oxazole rings is 1. The molecule has 1 aromatic heterocycles. The number of piperidine rings is 1. The van der Waals surface area contributed by atoms with Crippen LogP contribution in [0.1, 0.15) is 24.8 Å². The normalized spacial score (nSPS) is 20.3. The fourth-order valence-electron chi connectivity index (χ4n) is 3.12. The minimum atomic E-state index is -4.99. The SMILES string of the molecule is O=C(OC(c1nc2ccccc2o1)C(F)(F)F)C1CCCN(CC(F)(F)F)C1. The first-order valence-corrected chi connectivity index (χ1v) is 8.45. The summed E-state index contributed by atoms with van der Waals surface area (Å²) in [5.41, 5.74) is 0.258. The lowest BCUT2D eigenvalue weighted by molar-refractivity contribution is -0.232. The van der Waals surface area contributed by atoms with Gasteiger partial charge in [-0.25, -0.2) is 4.98 Å². The number of para-hydroxylation sites is 2. The molecule has 28 heavy (non-hydrogen) atoms. The topological polar surface area (TPSA) is 55.6 Å². The number of esters is 1. The van der Waals surface area contributed by atoms with Crippen molar-refractivity contribution in [2.75, 3.05) is 19.6 Å². The van der Waals surface area contributed by atoms with E-state index in [4.69, 9.17) is 4.42 Å². The van der Waals surface area contributed by atoms with Crippen molar-refractivity contribution in [1.82, 2.24) is 9.88 Å². The molecule has 1 aliphatic rings. The van der Waals surface area contributed by atoms with E-state index < -0.39 is 42.8 Å². The summed E-state index contributed by atoms with van der Waals surface area (Å²) in [6.45, 7) is -1.45. The van der Waals surface area contributed by atoms with Crippen LogP contribution in [0, 0.1) is 5.92 Å². The molecular formula is C17H16F6N2O3. The van der Waals surface area contributed by atoms with E-state index in [0.717, 1.165) is 4.90 Å². The molecule has 2 heterocycles. The Balaban J connectivity index is 1.75. The van der Waals surface area contributed by atoms with Gasteiger partial charge in [-0.3, -0.25) is 9.69 Å². The van der Waals surface area contributed by atoms with Crippen molar-refractivity contribution in [2.45, 2.75) is 31.3 Å². The number of carbonyl (C=O) groups is 1. The third-order valence-electron chi connectivity index (χ3n) is 4.31. The van der Waals surface area contributed by atoms with E-state index in [2.05, 4.69) is 9.72 Å². The number of hydrogen-bond acceptors (Lipinski definition) is 5. The average molecular weight is 410 g/mol. The summed E-state index contributed by atoms with van der Waals surface area (Å²) in [7, 11) is 0. The van der Waals surface area contributed by atoms with Crippen LogP contribution in [0.25, 0.3) is 11.1 Å². The molecule has 5 nitrogen and oxygen atoms in total. The largest absolute Gasteiger partial charge is 0.442 e. The van der Waals surface area contributed by atoms with Crippen molar-refractivity contribution in [3.05, 3.63) is 30.2 Å². The first-order valence-electron chi connectivity index (χ1n) is 8.45. The molecule has 0 spiro atoms. The summed E-state index contributed by atoms with van der Waals surface area (Å²) >= 11 is 0. The third kappa shape index (κ3) is 4.94. The fraction of sp³-hybridized carbons (Fsp3) is 0.529. The maximum atomic E-state index is 13.4. The van der Waals surface area contributed by atoms with Crippen LogP contribution in [-0.2, 0) is 9.53 Å². The summed E-state index contributed by atoms with van der Waals surface area (Å²) in [5.74, 6) is -3.15. The molecule has 1 aliphatic heterocycles. The summed E-state index contributed by atoms with van der Waals surface area (Å²) in [6.07, 6.45) is -11.8. The minimum absolute atomic E-state index is 0.0943. The quantitative estimate of drug-likeness (QED) is 0.557. The fourth-order valence-corrected chi connectivity index (χ4v) is 3.12. The lowest BCUT2D eigenvalue weighted by Crippen LogP contribution is -2.44. The van der Waals surface area contributed by atoms with Gasteiger partial charge in [0.25, 0.3) is 6.10 Å². The zero-order valence-corrected chi connectivity index (χ0v) is 14.4. The highest BCUT2D eigenvalue weighted by molar-refractivity contribution is 5.74. The van der Waals surface area contributed by atoms with Crippen LogP contribution in [0.2, 0.25) is 0 Å². The maximum absolute atomic E-state index is 13.4. The number of alkyl halides is 6. The number of hydrogen-bond donors (Lipinski definition) is 0. The number of rotatable bonds is 4. The van der Waals surface area contributed by atoms with Gasteiger partial charge in [-0.05, 0) is 31.5 Å². The molecule has 1 fully saturated rings. The highest BCUT2D eigenvalue weighted by Gasteiger charge is 2.48. The highest BCUT2D eigenvalue weighted by Crippen LogP contribution is 2.38. The van der Waals surface area contributed by atoms with Crippen LogP contribution >= 0.6 is 0 Å². The second kappa shape index (κ2) is 7.61. The van der Waals surface area contributed by atoms with Crippen LogP contribution in [-0.4, -0.2) is 47.8 Å². The lowest BCUT2D eigenvalue weighted by Gasteiger charge is -2.32. The van der Waals surface area contributed by atoms with Crippen LogP contribution in [0.5, 0.6) is 0 Å². The van der Waals surface area contributed by atoms with Gasteiger partial charge < -0.3 is 9.15 Å². The molecule has 0 N–H and O–H groups in total. The number of fused-ring (bicyclic) bond motifs is 1.